The Labute approximate surface area is 125 Å². The molecule has 0 amide bonds. The maximum absolute atomic E-state index is 13.7. The second kappa shape index (κ2) is 5.94. The molecule has 0 aliphatic heterocycles. The molecule has 2 unspecified atom stereocenters. The topological polar surface area (TPSA) is 24.9 Å². The fraction of sp³-hybridized carbons (Fsp3) is 0.389. The van der Waals surface area contributed by atoms with Crippen molar-refractivity contribution < 1.29 is 4.39 Å². The quantitative estimate of drug-likeness (QED) is 0.911. The van der Waals surface area contributed by atoms with Crippen molar-refractivity contribution in [2.45, 2.75) is 45.2 Å². The Balaban J connectivity index is 1.79. The Hall–Kier alpha value is -1.74. The van der Waals surface area contributed by atoms with Crippen molar-refractivity contribution in [3.05, 3.63) is 64.7 Å². The van der Waals surface area contributed by atoms with Crippen molar-refractivity contribution in [2.24, 2.45) is 0 Å². The summed E-state index contributed by atoms with van der Waals surface area (Å²) in [5, 5.41) is 3.61. The van der Waals surface area contributed by atoms with E-state index in [1.54, 1.807) is 13.0 Å². The molecule has 3 heteroatoms. The van der Waals surface area contributed by atoms with Crippen molar-refractivity contribution in [3.63, 3.8) is 0 Å². The number of halogens is 1. The molecule has 0 saturated carbocycles. The summed E-state index contributed by atoms with van der Waals surface area (Å²) in [6, 6.07) is 10.0. The lowest BCUT2D eigenvalue weighted by Gasteiger charge is -2.28. The molecule has 1 heterocycles. The van der Waals surface area contributed by atoms with E-state index in [1.165, 1.54) is 12.0 Å². The lowest BCUT2D eigenvalue weighted by atomic mass is 9.91. The molecule has 0 radical (unpaired) electrons. The summed E-state index contributed by atoms with van der Waals surface area (Å²) in [6.07, 6.45) is 5.22. The molecule has 2 nitrogen and oxygen atoms in total. The van der Waals surface area contributed by atoms with Crippen LogP contribution >= 0.6 is 0 Å². The van der Waals surface area contributed by atoms with Crippen LogP contribution in [0.25, 0.3) is 0 Å². The molecule has 2 aromatic rings. The van der Waals surface area contributed by atoms with Gasteiger partial charge in [-0.25, -0.2) is 4.39 Å². The first-order valence-electron chi connectivity index (χ1n) is 7.61. The zero-order chi connectivity index (χ0) is 14.8. The van der Waals surface area contributed by atoms with E-state index in [2.05, 4.69) is 23.3 Å². The molecule has 1 aromatic heterocycles. The van der Waals surface area contributed by atoms with Gasteiger partial charge in [-0.3, -0.25) is 4.98 Å². The summed E-state index contributed by atoms with van der Waals surface area (Å²) in [7, 11) is 0. The predicted molar refractivity (Wildman–Crippen MR) is 82.6 cm³/mol. The van der Waals surface area contributed by atoms with Crippen molar-refractivity contribution >= 4 is 0 Å². The van der Waals surface area contributed by atoms with Crippen LogP contribution in [0, 0.1) is 12.7 Å². The number of nitrogens with zero attached hydrogens (tertiary/aromatic N) is 1. The third kappa shape index (κ3) is 2.98. The molecule has 110 valence electrons. The van der Waals surface area contributed by atoms with Gasteiger partial charge in [0.05, 0.1) is 11.7 Å². The highest BCUT2D eigenvalue weighted by molar-refractivity contribution is 5.28. The van der Waals surface area contributed by atoms with Crippen LogP contribution < -0.4 is 5.32 Å². The number of benzene rings is 1. The third-order valence-corrected chi connectivity index (χ3v) is 4.34. The zero-order valence-electron chi connectivity index (χ0n) is 12.6. The first-order chi connectivity index (χ1) is 10.1. The Morgan fingerprint density at radius 2 is 2.19 bits per heavy atom. The average molecular weight is 284 g/mol. The normalized spacial score (nSPS) is 19.1. The molecule has 2 atom stereocenters. The van der Waals surface area contributed by atoms with Crippen LogP contribution in [-0.2, 0) is 6.42 Å². The standard InChI is InChI=1S/C18H21FN2/c1-12-8-9-15(11-16(12)19)13(2)21-17-7-3-5-14-6-4-10-20-18(14)17/h4,6,8-11,13,17,21H,3,5,7H2,1-2H3. The van der Waals surface area contributed by atoms with E-state index >= 15 is 0 Å². The van der Waals surface area contributed by atoms with E-state index in [0.717, 1.165) is 24.1 Å². The van der Waals surface area contributed by atoms with E-state index in [1.807, 2.05) is 24.4 Å². The summed E-state index contributed by atoms with van der Waals surface area (Å²) in [4.78, 5) is 4.54. The highest BCUT2D eigenvalue weighted by Gasteiger charge is 2.23. The van der Waals surface area contributed by atoms with Crippen molar-refractivity contribution in [3.8, 4) is 0 Å². The van der Waals surface area contributed by atoms with Crippen LogP contribution in [0.4, 0.5) is 4.39 Å². The summed E-state index contributed by atoms with van der Waals surface area (Å²) >= 11 is 0. The largest absolute Gasteiger partial charge is 0.302 e. The molecule has 1 N–H and O–H groups in total. The van der Waals surface area contributed by atoms with E-state index in [9.17, 15) is 4.39 Å². The summed E-state index contributed by atoms with van der Waals surface area (Å²) in [6.45, 7) is 3.87. The van der Waals surface area contributed by atoms with Gasteiger partial charge in [0.1, 0.15) is 5.82 Å². The molecule has 1 aliphatic rings. The van der Waals surface area contributed by atoms with Crippen LogP contribution in [0.2, 0.25) is 0 Å². The van der Waals surface area contributed by atoms with Gasteiger partial charge in [0.2, 0.25) is 0 Å². The number of aromatic nitrogens is 1. The summed E-state index contributed by atoms with van der Waals surface area (Å²) in [5.74, 6) is -0.136. The van der Waals surface area contributed by atoms with E-state index < -0.39 is 0 Å². The molecule has 0 spiro atoms. The lowest BCUT2D eigenvalue weighted by molar-refractivity contribution is 0.405. The monoisotopic (exact) mass is 284 g/mol. The van der Waals surface area contributed by atoms with Crippen LogP contribution in [0.3, 0.4) is 0 Å². The Morgan fingerprint density at radius 1 is 1.33 bits per heavy atom. The molecule has 0 saturated heterocycles. The van der Waals surface area contributed by atoms with Crippen molar-refractivity contribution in [2.75, 3.05) is 0 Å². The number of fused-ring (bicyclic) bond motifs is 1. The number of aryl methyl sites for hydroxylation is 2. The van der Waals surface area contributed by atoms with Gasteiger partial charge in [0.15, 0.2) is 0 Å². The SMILES string of the molecule is Cc1ccc(C(C)NC2CCCc3cccnc32)cc1F. The highest BCUT2D eigenvalue weighted by Crippen LogP contribution is 2.30. The minimum absolute atomic E-state index is 0.109. The van der Waals surface area contributed by atoms with Crippen molar-refractivity contribution in [1.82, 2.24) is 10.3 Å². The number of pyridine rings is 1. The highest BCUT2D eigenvalue weighted by atomic mass is 19.1. The smallest absolute Gasteiger partial charge is 0.126 e. The van der Waals surface area contributed by atoms with Gasteiger partial charge in [-0.15, -0.1) is 0 Å². The Morgan fingerprint density at radius 3 is 3.00 bits per heavy atom. The third-order valence-electron chi connectivity index (χ3n) is 4.34. The van der Waals surface area contributed by atoms with Gasteiger partial charge < -0.3 is 5.32 Å². The van der Waals surface area contributed by atoms with Gasteiger partial charge in [0.25, 0.3) is 0 Å². The maximum Gasteiger partial charge on any atom is 0.126 e. The maximum atomic E-state index is 13.7. The van der Waals surface area contributed by atoms with E-state index in [-0.39, 0.29) is 17.9 Å². The first-order valence-corrected chi connectivity index (χ1v) is 7.61. The fourth-order valence-electron chi connectivity index (χ4n) is 3.05. The van der Waals surface area contributed by atoms with E-state index in [0.29, 0.717) is 5.56 Å². The minimum Gasteiger partial charge on any atom is -0.302 e. The van der Waals surface area contributed by atoms with Crippen LogP contribution in [0.5, 0.6) is 0 Å². The van der Waals surface area contributed by atoms with Gasteiger partial charge in [0, 0.05) is 12.2 Å². The molecule has 1 aromatic carbocycles. The van der Waals surface area contributed by atoms with Gasteiger partial charge in [-0.1, -0.05) is 18.2 Å². The molecule has 1 aliphatic carbocycles. The lowest BCUT2D eigenvalue weighted by Crippen LogP contribution is -2.28. The molecule has 0 fully saturated rings. The first kappa shape index (κ1) is 14.2. The fourth-order valence-corrected chi connectivity index (χ4v) is 3.05. The molecule has 0 bridgehead atoms. The second-order valence-electron chi connectivity index (χ2n) is 5.89. The number of rotatable bonds is 3. The molecular formula is C18H21FN2. The summed E-state index contributed by atoms with van der Waals surface area (Å²) in [5.41, 5.74) is 4.17. The number of hydrogen-bond donors (Lipinski definition) is 1. The number of nitrogens with one attached hydrogen (secondary N) is 1. The molecule has 3 rings (SSSR count). The Kier molecular flexibility index (Phi) is 4.02. The van der Waals surface area contributed by atoms with Crippen LogP contribution in [-0.4, -0.2) is 4.98 Å². The molecule has 21 heavy (non-hydrogen) atoms. The van der Waals surface area contributed by atoms with E-state index in [4.69, 9.17) is 0 Å². The molecular weight excluding hydrogens is 263 g/mol. The van der Waals surface area contributed by atoms with Crippen LogP contribution in [0.1, 0.15) is 54.2 Å². The van der Waals surface area contributed by atoms with Gasteiger partial charge in [-0.2, -0.15) is 0 Å². The summed E-state index contributed by atoms with van der Waals surface area (Å²) < 4.78 is 13.7. The zero-order valence-corrected chi connectivity index (χ0v) is 12.6. The average Bonchev–Trinajstić information content (AvgIpc) is 2.50. The van der Waals surface area contributed by atoms with Gasteiger partial charge in [-0.05, 0) is 61.9 Å². The predicted octanol–water partition coefficient (Wildman–Crippen LogP) is 4.26. The van der Waals surface area contributed by atoms with Crippen LogP contribution in [0.15, 0.2) is 36.5 Å². The second-order valence-corrected chi connectivity index (χ2v) is 5.89. The van der Waals surface area contributed by atoms with Crippen molar-refractivity contribution in [1.29, 1.82) is 0 Å². The van der Waals surface area contributed by atoms with Gasteiger partial charge >= 0.3 is 0 Å². The minimum atomic E-state index is -0.136. The Bertz CT molecular complexity index is 639. The number of hydrogen-bond acceptors (Lipinski definition) is 2.